The number of alkyl halides is 3. The average molecular weight is 401 g/mol. The molecule has 1 fully saturated rings. The van der Waals surface area contributed by atoms with Gasteiger partial charge in [0.25, 0.3) is 0 Å². The molecular weight excluding hydrogens is 379 g/mol. The van der Waals surface area contributed by atoms with Crippen LogP contribution in [0.5, 0.6) is 5.75 Å². The van der Waals surface area contributed by atoms with E-state index in [-0.39, 0.29) is 11.7 Å². The third-order valence-corrected chi connectivity index (χ3v) is 5.36. The molecule has 2 aliphatic rings. The Kier molecular flexibility index (Phi) is 5.32. The van der Waals surface area contributed by atoms with Crippen molar-refractivity contribution in [2.24, 2.45) is 5.92 Å². The topological polar surface area (TPSA) is 39.6 Å². The summed E-state index contributed by atoms with van der Waals surface area (Å²) in [6.07, 6.45) is -1.80. The van der Waals surface area contributed by atoms with Gasteiger partial charge >= 0.3 is 6.36 Å². The second-order valence-corrected chi connectivity index (χ2v) is 7.36. The van der Waals surface area contributed by atoms with Gasteiger partial charge in [0, 0.05) is 37.3 Å². The predicted octanol–water partition coefficient (Wildman–Crippen LogP) is 4.83. The van der Waals surface area contributed by atoms with Crippen LogP contribution in [0.4, 0.5) is 18.9 Å². The van der Waals surface area contributed by atoms with E-state index in [9.17, 15) is 13.2 Å². The van der Waals surface area contributed by atoms with Crippen LogP contribution in [0.15, 0.2) is 66.2 Å². The first kappa shape index (κ1) is 19.5. The molecule has 7 heteroatoms. The summed E-state index contributed by atoms with van der Waals surface area (Å²) in [5, 5.41) is 8.65. The maximum atomic E-state index is 12.5. The average Bonchev–Trinajstić information content (AvgIpc) is 2.68. The van der Waals surface area contributed by atoms with Gasteiger partial charge in [0.05, 0.1) is 0 Å². The summed E-state index contributed by atoms with van der Waals surface area (Å²) in [5.41, 5.74) is 3.02. The number of halogens is 3. The number of hydrogen-bond acceptors (Lipinski definition) is 3. The van der Waals surface area contributed by atoms with Crippen molar-refractivity contribution >= 4 is 11.5 Å². The molecule has 4 rings (SSSR count). The molecule has 0 spiro atoms. The molecule has 1 N–H and O–H groups in total. The van der Waals surface area contributed by atoms with Gasteiger partial charge in [-0.2, -0.15) is 0 Å². The molecule has 152 valence electrons. The van der Waals surface area contributed by atoms with E-state index in [2.05, 4.69) is 27.8 Å². The van der Waals surface area contributed by atoms with Crippen LogP contribution in [-0.4, -0.2) is 36.7 Å². The normalized spacial score (nSPS) is 20.2. The van der Waals surface area contributed by atoms with E-state index in [1.165, 1.54) is 29.3 Å². The number of nitrogens with one attached hydrogen (secondary N) is 1. The lowest BCUT2D eigenvalue weighted by molar-refractivity contribution is -0.274. The first-order chi connectivity index (χ1) is 13.9. The van der Waals surface area contributed by atoms with Crippen LogP contribution in [0.25, 0.3) is 0 Å². The summed E-state index contributed by atoms with van der Waals surface area (Å²) in [4.78, 5) is 4.13. The molecule has 2 heterocycles. The van der Waals surface area contributed by atoms with E-state index in [0.29, 0.717) is 18.1 Å². The minimum absolute atomic E-state index is 0.00274. The number of amidine groups is 1. The third kappa shape index (κ3) is 4.62. The molecule has 4 nitrogen and oxygen atoms in total. The van der Waals surface area contributed by atoms with Gasteiger partial charge in [-0.05, 0) is 36.2 Å². The molecule has 2 aromatic carbocycles. The lowest BCUT2D eigenvalue weighted by atomic mass is 9.86. The van der Waals surface area contributed by atoms with Crippen molar-refractivity contribution in [3.8, 4) is 5.75 Å². The van der Waals surface area contributed by atoms with Gasteiger partial charge in [-0.1, -0.05) is 42.5 Å². The number of hydrogen-bond donors (Lipinski definition) is 1. The Bertz CT molecular complexity index is 911. The van der Waals surface area contributed by atoms with Gasteiger partial charge in [0.1, 0.15) is 11.6 Å². The summed E-state index contributed by atoms with van der Waals surface area (Å²) in [5.74, 6) is 0.171. The summed E-state index contributed by atoms with van der Waals surface area (Å²) in [7, 11) is 0. The Balaban J connectivity index is 1.47. The van der Waals surface area contributed by atoms with E-state index in [1.807, 2.05) is 18.2 Å². The Hall–Kier alpha value is -2.80. The molecule has 1 saturated heterocycles. The van der Waals surface area contributed by atoms with Gasteiger partial charge in [-0.15, -0.1) is 13.2 Å². The van der Waals surface area contributed by atoms with E-state index < -0.39 is 6.36 Å². The van der Waals surface area contributed by atoms with E-state index >= 15 is 0 Å². The Morgan fingerprint density at radius 1 is 1.07 bits per heavy atom. The first-order valence-corrected chi connectivity index (χ1v) is 9.56. The molecule has 0 aromatic heterocycles. The van der Waals surface area contributed by atoms with Crippen molar-refractivity contribution in [2.45, 2.75) is 19.3 Å². The highest BCUT2D eigenvalue weighted by atomic mass is 19.4. The fourth-order valence-electron chi connectivity index (χ4n) is 4.03. The van der Waals surface area contributed by atoms with Crippen molar-refractivity contribution in [1.29, 1.82) is 5.41 Å². The summed E-state index contributed by atoms with van der Waals surface area (Å²) < 4.78 is 41.6. The number of likely N-dealkylation sites (tertiary alicyclic amines) is 1. The number of fused-ring (bicyclic) bond motifs is 1. The highest BCUT2D eigenvalue weighted by Crippen LogP contribution is 2.33. The molecule has 2 aromatic rings. The van der Waals surface area contributed by atoms with Crippen LogP contribution in [0, 0.1) is 11.3 Å². The summed E-state index contributed by atoms with van der Waals surface area (Å²) in [6, 6.07) is 16.1. The zero-order valence-corrected chi connectivity index (χ0v) is 15.8. The standard InChI is InChI=1S/C22H22F3N3O/c23-22(24,25)29-19-8-4-7-18(13-19)28-12-9-17-15-27(11-10-20(17)21(28)26)14-16-5-2-1-3-6-16/h1-9,13,20,26H,10-12,14-15H2. The second-order valence-electron chi connectivity index (χ2n) is 7.36. The van der Waals surface area contributed by atoms with E-state index in [0.717, 1.165) is 26.1 Å². The summed E-state index contributed by atoms with van der Waals surface area (Å²) in [6.45, 7) is 3.04. The molecule has 29 heavy (non-hydrogen) atoms. The van der Waals surface area contributed by atoms with Crippen molar-refractivity contribution in [3.05, 3.63) is 71.8 Å². The molecule has 0 aliphatic carbocycles. The number of rotatable bonds is 4. The second kappa shape index (κ2) is 7.91. The van der Waals surface area contributed by atoms with Crippen LogP contribution in [0.1, 0.15) is 12.0 Å². The fourth-order valence-corrected chi connectivity index (χ4v) is 4.03. The number of anilines is 1. The van der Waals surface area contributed by atoms with Crippen LogP contribution in [-0.2, 0) is 6.54 Å². The number of nitrogens with zero attached hydrogens (tertiary/aromatic N) is 2. The summed E-state index contributed by atoms with van der Waals surface area (Å²) >= 11 is 0. The monoisotopic (exact) mass is 401 g/mol. The van der Waals surface area contributed by atoms with Gasteiger partial charge in [0.2, 0.25) is 0 Å². The molecule has 0 bridgehead atoms. The largest absolute Gasteiger partial charge is 0.573 e. The minimum Gasteiger partial charge on any atom is -0.406 e. The van der Waals surface area contributed by atoms with Crippen molar-refractivity contribution in [3.63, 3.8) is 0 Å². The fraction of sp³-hybridized carbons (Fsp3) is 0.318. The van der Waals surface area contributed by atoms with Crippen LogP contribution in [0.2, 0.25) is 0 Å². The maximum Gasteiger partial charge on any atom is 0.573 e. The molecule has 1 atom stereocenters. The van der Waals surface area contributed by atoms with E-state index in [1.54, 1.807) is 11.0 Å². The molecule has 2 aliphatic heterocycles. The minimum atomic E-state index is -4.73. The maximum absolute atomic E-state index is 12.5. The van der Waals surface area contributed by atoms with Gasteiger partial charge in [-0.25, -0.2) is 0 Å². The quantitative estimate of drug-likeness (QED) is 0.746. The zero-order valence-electron chi connectivity index (χ0n) is 15.8. The first-order valence-electron chi connectivity index (χ1n) is 9.56. The number of piperidine rings is 1. The van der Waals surface area contributed by atoms with Crippen molar-refractivity contribution in [2.75, 3.05) is 24.5 Å². The van der Waals surface area contributed by atoms with Gasteiger partial charge < -0.3 is 9.64 Å². The molecule has 1 unspecified atom stereocenters. The Morgan fingerprint density at radius 3 is 2.62 bits per heavy atom. The lowest BCUT2D eigenvalue weighted by Gasteiger charge is -2.41. The SMILES string of the molecule is N=C1C2CCN(Cc3ccccc3)CC2=CCN1c1cccc(OC(F)(F)F)c1. The van der Waals surface area contributed by atoms with Crippen molar-refractivity contribution < 1.29 is 17.9 Å². The van der Waals surface area contributed by atoms with Crippen LogP contribution in [0.3, 0.4) is 0 Å². The van der Waals surface area contributed by atoms with Crippen LogP contribution >= 0.6 is 0 Å². The molecule has 0 amide bonds. The Morgan fingerprint density at radius 2 is 1.86 bits per heavy atom. The third-order valence-electron chi connectivity index (χ3n) is 5.36. The number of benzene rings is 2. The van der Waals surface area contributed by atoms with Gasteiger partial charge in [0.15, 0.2) is 0 Å². The van der Waals surface area contributed by atoms with Crippen molar-refractivity contribution in [1.82, 2.24) is 4.90 Å². The Labute approximate surface area is 167 Å². The smallest absolute Gasteiger partial charge is 0.406 e. The molecular formula is C22H22F3N3O. The highest BCUT2D eigenvalue weighted by Gasteiger charge is 2.34. The van der Waals surface area contributed by atoms with Gasteiger partial charge in [-0.3, -0.25) is 10.3 Å². The zero-order chi connectivity index (χ0) is 20.4. The van der Waals surface area contributed by atoms with Crippen LogP contribution < -0.4 is 9.64 Å². The predicted molar refractivity (Wildman–Crippen MR) is 106 cm³/mol. The van der Waals surface area contributed by atoms with E-state index in [4.69, 9.17) is 5.41 Å². The number of ether oxygens (including phenoxy) is 1. The highest BCUT2D eigenvalue weighted by molar-refractivity contribution is 6.00. The molecule has 0 radical (unpaired) electrons. The lowest BCUT2D eigenvalue weighted by Crippen LogP contribution is -2.47. The molecule has 0 saturated carbocycles.